The SMILES string of the molecule is C=C(CNCC)Cn1ccn(C)c(=O)c1=O. The normalized spacial score (nSPS) is 10.4. The summed E-state index contributed by atoms with van der Waals surface area (Å²) >= 11 is 0. The highest BCUT2D eigenvalue weighted by Gasteiger charge is 2.03. The van der Waals surface area contributed by atoms with E-state index in [9.17, 15) is 9.59 Å². The number of likely N-dealkylation sites (N-methyl/N-ethyl adjacent to an activating group) is 1. The van der Waals surface area contributed by atoms with Gasteiger partial charge in [0.05, 0.1) is 0 Å². The van der Waals surface area contributed by atoms with E-state index in [-0.39, 0.29) is 0 Å². The lowest BCUT2D eigenvalue weighted by atomic mass is 10.3. The number of hydrogen-bond acceptors (Lipinski definition) is 3. The van der Waals surface area contributed by atoms with E-state index in [4.69, 9.17) is 0 Å². The summed E-state index contributed by atoms with van der Waals surface area (Å²) in [5.41, 5.74) is -0.154. The van der Waals surface area contributed by atoms with E-state index in [1.807, 2.05) is 6.92 Å². The van der Waals surface area contributed by atoms with Crippen molar-refractivity contribution in [3.63, 3.8) is 0 Å². The lowest BCUT2D eigenvalue weighted by Gasteiger charge is -2.09. The van der Waals surface area contributed by atoms with E-state index in [1.165, 1.54) is 9.13 Å². The average Bonchev–Trinajstić information content (AvgIpc) is 2.27. The van der Waals surface area contributed by atoms with Crippen LogP contribution in [-0.4, -0.2) is 22.2 Å². The van der Waals surface area contributed by atoms with Gasteiger partial charge in [-0.05, 0) is 12.1 Å². The Morgan fingerprint density at radius 1 is 1.38 bits per heavy atom. The van der Waals surface area contributed by atoms with Crippen LogP contribution in [0.3, 0.4) is 0 Å². The summed E-state index contributed by atoms with van der Waals surface area (Å²) in [6.07, 6.45) is 3.17. The Balaban J connectivity index is 2.83. The molecule has 5 heteroatoms. The van der Waals surface area contributed by atoms with Crippen molar-refractivity contribution in [3.05, 3.63) is 45.3 Å². The molecule has 5 nitrogen and oxygen atoms in total. The Morgan fingerprint density at radius 3 is 2.69 bits per heavy atom. The van der Waals surface area contributed by atoms with Crippen LogP contribution in [0.5, 0.6) is 0 Å². The fraction of sp³-hybridized carbons (Fsp3) is 0.455. The quantitative estimate of drug-likeness (QED) is 0.551. The number of nitrogens with one attached hydrogen (secondary N) is 1. The summed E-state index contributed by atoms with van der Waals surface area (Å²) in [7, 11) is 1.56. The second kappa shape index (κ2) is 5.46. The number of hydrogen-bond donors (Lipinski definition) is 1. The van der Waals surface area contributed by atoms with Gasteiger partial charge in [0, 0.05) is 32.5 Å². The third-order valence-corrected chi connectivity index (χ3v) is 2.25. The van der Waals surface area contributed by atoms with Crippen LogP contribution in [0.1, 0.15) is 6.92 Å². The Kier molecular flexibility index (Phi) is 4.25. The minimum atomic E-state index is -0.515. The predicted molar refractivity (Wildman–Crippen MR) is 63.6 cm³/mol. The molecule has 1 rings (SSSR count). The molecule has 0 unspecified atom stereocenters. The van der Waals surface area contributed by atoms with Crippen LogP contribution in [0.15, 0.2) is 34.1 Å². The maximum absolute atomic E-state index is 11.6. The second-order valence-corrected chi connectivity index (χ2v) is 3.68. The summed E-state index contributed by atoms with van der Waals surface area (Å²) in [6, 6.07) is 0. The van der Waals surface area contributed by atoms with Crippen molar-refractivity contribution in [2.75, 3.05) is 13.1 Å². The molecule has 1 aromatic heterocycles. The fourth-order valence-electron chi connectivity index (χ4n) is 1.31. The van der Waals surface area contributed by atoms with Crippen molar-refractivity contribution in [1.29, 1.82) is 0 Å². The summed E-state index contributed by atoms with van der Waals surface area (Å²) < 4.78 is 2.65. The molecule has 0 aliphatic heterocycles. The van der Waals surface area contributed by atoms with Gasteiger partial charge in [-0.1, -0.05) is 13.5 Å². The van der Waals surface area contributed by atoms with E-state index in [2.05, 4.69) is 11.9 Å². The van der Waals surface area contributed by atoms with Crippen LogP contribution >= 0.6 is 0 Å². The van der Waals surface area contributed by atoms with Crippen LogP contribution in [0.4, 0.5) is 0 Å². The van der Waals surface area contributed by atoms with Gasteiger partial charge in [-0.2, -0.15) is 0 Å². The first kappa shape index (κ1) is 12.4. The van der Waals surface area contributed by atoms with Crippen LogP contribution < -0.4 is 16.4 Å². The Labute approximate surface area is 94.0 Å². The number of nitrogens with zero attached hydrogens (tertiary/aromatic N) is 2. The first-order valence-corrected chi connectivity index (χ1v) is 5.19. The third kappa shape index (κ3) is 2.93. The lowest BCUT2D eigenvalue weighted by molar-refractivity contribution is 0.659. The first-order chi connectivity index (χ1) is 7.56. The van der Waals surface area contributed by atoms with Crippen molar-refractivity contribution in [2.45, 2.75) is 13.5 Å². The average molecular weight is 223 g/mol. The maximum atomic E-state index is 11.6. The molecule has 1 aromatic rings. The smallest absolute Gasteiger partial charge is 0.313 e. The standard InChI is InChI=1S/C11H17N3O2/c1-4-12-7-9(2)8-14-6-5-13(3)10(15)11(14)16/h5-6,12H,2,4,7-8H2,1,3H3. The highest BCUT2D eigenvalue weighted by molar-refractivity contribution is 4.99. The van der Waals surface area contributed by atoms with Gasteiger partial charge in [0.1, 0.15) is 0 Å². The molecular formula is C11H17N3O2. The molecular weight excluding hydrogens is 206 g/mol. The zero-order valence-corrected chi connectivity index (χ0v) is 9.69. The van der Waals surface area contributed by atoms with E-state index in [1.54, 1.807) is 19.4 Å². The first-order valence-electron chi connectivity index (χ1n) is 5.19. The van der Waals surface area contributed by atoms with E-state index >= 15 is 0 Å². The molecule has 0 saturated carbocycles. The Morgan fingerprint density at radius 2 is 2.06 bits per heavy atom. The van der Waals surface area contributed by atoms with E-state index in [0.29, 0.717) is 13.1 Å². The van der Waals surface area contributed by atoms with Crippen LogP contribution in [0, 0.1) is 0 Å². The molecule has 0 aliphatic rings. The van der Waals surface area contributed by atoms with E-state index in [0.717, 1.165) is 12.1 Å². The summed E-state index contributed by atoms with van der Waals surface area (Å²) in [4.78, 5) is 22.9. The Hall–Kier alpha value is -1.62. The molecule has 88 valence electrons. The molecule has 0 spiro atoms. The van der Waals surface area contributed by atoms with Crippen molar-refractivity contribution in [3.8, 4) is 0 Å². The molecule has 0 bridgehead atoms. The van der Waals surface area contributed by atoms with Gasteiger partial charge in [-0.25, -0.2) is 0 Å². The largest absolute Gasteiger partial charge is 0.316 e. The third-order valence-electron chi connectivity index (χ3n) is 2.25. The number of aryl methyl sites for hydroxylation is 1. The van der Waals surface area contributed by atoms with Crippen molar-refractivity contribution < 1.29 is 0 Å². The lowest BCUT2D eigenvalue weighted by Crippen LogP contribution is -2.40. The zero-order chi connectivity index (χ0) is 12.1. The van der Waals surface area contributed by atoms with Gasteiger partial charge in [0.25, 0.3) is 0 Å². The minimum Gasteiger partial charge on any atom is -0.313 e. The van der Waals surface area contributed by atoms with E-state index < -0.39 is 11.1 Å². The molecule has 16 heavy (non-hydrogen) atoms. The number of rotatable bonds is 5. The predicted octanol–water partition coefficient (Wildman–Crippen LogP) is -0.287. The monoisotopic (exact) mass is 223 g/mol. The zero-order valence-electron chi connectivity index (χ0n) is 9.69. The van der Waals surface area contributed by atoms with Crippen LogP contribution in [-0.2, 0) is 13.6 Å². The Bertz CT molecular complexity index is 485. The van der Waals surface area contributed by atoms with Gasteiger partial charge in [-0.3, -0.25) is 9.59 Å². The molecule has 0 amide bonds. The van der Waals surface area contributed by atoms with Crippen molar-refractivity contribution >= 4 is 0 Å². The van der Waals surface area contributed by atoms with Gasteiger partial charge in [0.15, 0.2) is 0 Å². The van der Waals surface area contributed by atoms with Crippen molar-refractivity contribution in [2.24, 2.45) is 7.05 Å². The number of aromatic nitrogens is 2. The molecule has 0 radical (unpaired) electrons. The summed E-state index contributed by atoms with van der Waals surface area (Å²) in [5.74, 6) is 0. The molecule has 0 atom stereocenters. The molecule has 0 aliphatic carbocycles. The molecule has 1 N–H and O–H groups in total. The van der Waals surface area contributed by atoms with Crippen LogP contribution in [0.25, 0.3) is 0 Å². The van der Waals surface area contributed by atoms with Gasteiger partial charge in [-0.15, -0.1) is 0 Å². The molecule has 0 fully saturated rings. The molecule has 0 aromatic carbocycles. The van der Waals surface area contributed by atoms with Gasteiger partial charge >= 0.3 is 11.1 Å². The minimum absolute atomic E-state index is 0.377. The highest BCUT2D eigenvalue weighted by Crippen LogP contribution is 1.91. The van der Waals surface area contributed by atoms with Crippen LogP contribution in [0.2, 0.25) is 0 Å². The van der Waals surface area contributed by atoms with Crippen molar-refractivity contribution in [1.82, 2.24) is 14.5 Å². The maximum Gasteiger partial charge on any atom is 0.316 e. The van der Waals surface area contributed by atoms with Gasteiger partial charge < -0.3 is 14.5 Å². The topological polar surface area (TPSA) is 56.0 Å². The second-order valence-electron chi connectivity index (χ2n) is 3.68. The molecule has 0 saturated heterocycles. The molecule has 1 heterocycles. The summed E-state index contributed by atoms with van der Waals surface area (Å²) in [5, 5.41) is 3.12. The fourth-order valence-corrected chi connectivity index (χ4v) is 1.31. The summed E-state index contributed by atoms with van der Waals surface area (Å²) in [6.45, 7) is 7.73. The highest BCUT2D eigenvalue weighted by atomic mass is 16.2. The van der Waals surface area contributed by atoms with Gasteiger partial charge in [0.2, 0.25) is 0 Å².